The van der Waals surface area contributed by atoms with Crippen LogP contribution in [0.4, 0.5) is 18.0 Å². The minimum Gasteiger partial charge on any atom is -0.494 e. The second kappa shape index (κ2) is 10.7. The third-order valence-corrected chi connectivity index (χ3v) is 2.89. The molecule has 0 unspecified atom stereocenters. The van der Waals surface area contributed by atoms with Crippen molar-refractivity contribution in [2.24, 2.45) is 0 Å². The summed E-state index contributed by atoms with van der Waals surface area (Å²) < 4.78 is 45.4. The van der Waals surface area contributed by atoms with Crippen molar-refractivity contribution in [1.82, 2.24) is 16.0 Å². The van der Waals surface area contributed by atoms with Crippen LogP contribution < -0.4 is 20.7 Å². The van der Waals surface area contributed by atoms with Crippen LogP contribution in [-0.4, -0.2) is 56.3 Å². The summed E-state index contributed by atoms with van der Waals surface area (Å²) in [5.41, 5.74) is 0.260. The van der Waals surface area contributed by atoms with Crippen LogP contribution in [0.15, 0.2) is 24.3 Å². The summed E-state index contributed by atoms with van der Waals surface area (Å²) in [5.74, 6) is -2.12. The van der Waals surface area contributed by atoms with Gasteiger partial charge in [-0.2, -0.15) is 13.2 Å². The van der Waals surface area contributed by atoms with Gasteiger partial charge in [0.15, 0.2) is 6.61 Å². The number of carbonyl (C=O) groups excluding carboxylic acids is 4. The van der Waals surface area contributed by atoms with Crippen LogP contribution in [0.2, 0.25) is 0 Å². The summed E-state index contributed by atoms with van der Waals surface area (Å²) in [5, 5.41) is 5.22. The molecule has 0 fully saturated rings. The fourth-order valence-electron chi connectivity index (χ4n) is 1.71. The number of esters is 1. The first-order valence-corrected chi connectivity index (χ1v) is 7.92. The number of hydrogen-bond donors (Lipinski definition) is 3. The number of hydrogen-bond acceptors (Lipinski definition) is 6. The lowest BCUT2D eigenvalue weighted by atomic mass is 10.2. The first-order chi connectivity index (χ1) is 13.1. The van der Waals surface area contributed by atoms with Gasteiger partial charge in [-0.15, -0.1) is 0 Å². The fourth-order valence-corrected chi connectivity index (χ4v) is 1.71. The Balaban J connectivity index is 2.29. The zero-order valence-electron chi connectivity index (χ0n) is 14.7. The highest BCUT2D eigenvalue weighted by Crippen LogP contribution is 2.12. The number of ether oxygens (including phenoxy) is 2. The Hall–Kier alpha value is -3.31. The van der Waals surface area contributed by atoms with Crippen molar-refractivity contribution in [3.05, 3.63) is 29.8 Å². The SMILES string of the molecule is CCOc1ccc(C(=O)NCC(=O)OCC(=O)NC(=O)NCC(F)(F)F)cc1. The third-order valence-electron chi connectivity index (χ3n) is 2.89. The highest BCUT2D eigenvalue weighted by atomic mass is 19.4. The molecule has 1 rings (SSSR count). The first-order valence-electron chi connectivity index (χ1n) is 7.92. The number of imide groups is 1. The maximum Gasteiger partial charge on any atom is 0.405 e. The summed E-state index contributed by atoms with van der Waals surface area (Å²) in [7, 11) is 0. The van der Waals surface area contributed by atoms with E-state index in [9.17, 15) is 32.3 Å². The van der Waals surface area contributed by atoms with E-state index in [1.54, 1.807) is 24.4 Å². The molecular weight excluding hydrogens is 387 g/mol. The van der Waals surface area contributed by atoms with Gasteiger partial charge in [-0.05, 0) is 31.2 Å². The molecule has 0 atom stereocenters. The molecule has 1 aromatic rings. The minimum atomic E-state index is -4.63. The number of rotatable bonds is 8. The lowest BCUT2D eigenvalue weighted by molar-refractivity contribution is -0.147. The number of alkyl halides is 3. The molecule has 0 bridgehead atoms. The Labute approximate surface area is 157 Å². The zero-order valence-corrected chi connectivity index (χ0v) is 14.7. The summed E-state index contributed by atoms with van der Waals surface area (Å²) >= 11 is 0. The lowest BCUT2D eigenvalue weighted by Crippen LogP contribution is -2.44. The zero-order chi connectivity index (χ0) is 21.2. The average Bonchev–Trinajstić information content (AvgIpc) is 2.63. The van der Waals surface area contributed by atoms with Crippen LogP contribution in [0.25, 0.3) is 0 Å². The van der Waals surface area contributed by atoms with Crippen LogP contribution in [0.1, 0.15) is 17.3 Å². The molecule has 0 saturated heterocycles. The van der Waals surface area contributed by atoms with Gasteiger partial charge >= 0.3 is 18.2 Å². The van der Waals surface area contributed by atoms with E-state index in [1.807, 2.05) is 0 Å². The number of carbonyl (C=O) groups is 4. The van der Waals surface area contributed by atoms with Crippen LogP contribution in [0.3, 0.4) is 0 Å². The topological polar surface area (TPSA) is 123 Å². The predicted molar refractivity (Wildman–Crippen MR) is 88.5 cm³/mol. The van der Waals surface area contributed by atoms with Crippen molar-refractivity contribution in [3.63, 3.8) is 0 Å². The lowest BCUT2D eigenvalue weighted by Gasteiger charge is -2.09. The van der Waals surface area contributed by atoms with Crippen molar-refractivity contribution in [2.75, 3.05) is 26.3 Å². The number of amides is 4. The van der Waals surface area contributed by atoms with Crippen molar-refractivity contribution in [2.45, 2.75) is 13.1 Å². The maximum atomic E-state index is 11.9. The van der Waals surface area contributed by atoms with E-state index in [-0.39, 0.29) is 5.56 Å². The molecule has 154 valence electrons. The van der Waals surface area contributed by atoms with E-state index in [0.29, 0.717) is 12.4 Å². The Kier molecular flexibility index (Phi) is 8.72. The van der Waals surface area contributed by atoms with Crippen molar-refractivity contribution in [3.8, 4) is 5.75 Å². The largest absolute Gasteiger partial charge is 0.494 e. The third kappa shape index (κ3) is 9.40. The Bertz CT molecular complexity index is 707. The molecule has 12 heteroatoms. The van der Waals surface area contributed by atoms with E-state index in [4.69, 9.17) is 4.74 Å². The van der Waals surface area contributed by atoms with Crippen LogP contribution in [0.5, 0.6) is 5.75 Å². The number of urea groups is 1. The summed E-state index contributed by atoms with van der Waals surface area (Å²) in [4.78, 5) is 45.7. The molecule has 28 heavy (non-hydrogen) atoms. The van der Waals surface area contributed by atoms with Gasteiger partial charge in [0.1, 0.15) is 18.8 Å². The quantitative estimate of drug-likeness (QED) is 0.549. The van der Waals surface area contributed by atoms with Gasteiger partial charge < -0.3 is 20.1 Å². The summed E-state index contributed by atoms with van der Waals surface area (Å²) in [6, 6.07) is 4.73. The Morgan fingerprint density at radius 3 is 2.25 bits per heavy atom. The minimum absolute atomic E-state index is 0.260. The standard InChI is InChI=1S/C16H18F3N3O6/c1-2-27-11-5-3-10(4-6-11)14(25)20-7-13(24)28-8-12(23)22-15(26)21-9-16(17,18)19/h3-6H,2,7-9H2,1H3,(H,20,25)(H2,21,22,23,26). The molecule has 0 spiro atoms. The first kappa shape index (κ1) is 22.7. The second-order valence-electron chi connectivity index (χ2n) is 5.15. The van der Waals surface area contributed by atoms with Gasteiger partial charge in [0, 0.05) is 5.56 Å². The van der Waals surface area contributed by atoms with Crippen molar-refractivity contribution in [1.29, 1.82) is 0 Å². The smallest absolute Gasteiger partial charge is 0.405 e. The van der Waals surface area contributed by atoms with E-state index >= 15 is 0 Å². The van der Waals surface area contributed by atoms with E-state index in [2.05, 4.69) is 10.1 Å². The molecule has 0 aliphatic rings. The maximum absolute atomic E-state index is 11.9. The fraction of sp³-hybridized carbons (Fsp3) is 0.375. The Morgan fingerprint density at radius 2 is 1.68 bits per heavy atom. The number of benzene rings is 1. The molecular formula is C16H18F3N3O6. The van der Waals surface area contributed by atoms with Crippen LogP contribution >= 0.6 is 0 Å². The molecule has 3 N–H and O–H groups in total. The average molecular weight is 405 g/mol. The molecule has 0 aromatic heterocycles. The monoisotopic (exact) mass is 405 g/mol. The van der Waals surface area contributed by atoms with Crippen molar-refractivity contribution < 1.29 is 41.8 Å². The Morgan fingerprint density at radius 1 is 1.04 bits per heavy atom. The van der Waals surface area contributed by atoms with Gasteiger partial charge in [-0.25, -0.2) is 4.79 Å². The van der Waals surface area contributed by atoms with Crippen LogP contribution in [0, 0.1) is 0 Å². The highest BCUT2D eigenvalue weighted by molar-refractivity contribution is 5.97. The second-order valence-corrected chi connectivity index (χ2v) is 5.15. The van der Waals surface area contributed by atoms with Gasteiger partial charge in [0.05, 0.1) is 6.61 Å². The van der Waals surface area contributed by atoms with Gasteiger partial charge in [0.25, 0.3) is 11.8 Å². The molecule has 0 aliphatic carbocycles. The molecule has 4 amide bonds. The normalized spacial score (nSPS) is 10.6. The van der Waals surface area contributed by atoms with Crippen LogP contribution in [-0.2, 0) is 14.3 Å². The molecule has 0 aliphatic heterocycles. The van der Waals surface area contributed by atoms with E-state index in [0.717, 1.165) is 0 Å². The highest BCUT2D eigenvalue weighted by Gasteiger charge is 2.28. The number of halogens is 3. The summed E-state index contributed by atoms with van der Waals surface area (Å²) in [6.07, 6.45) is -4.63. The molecule has 0 saturated carbocycles. The molecule has 1 aromatic carbocycles. The van der Waals surface area contributed by atoms with Gasteiger partial charge in [-0.3, -0.25) is 19.7 Å². The number of nitrogens with one attached hydrogen (secondary N) is 3. The van der Waals surface area contributed by atoms with Gasteiger partial charge in [0.2, 0.25) is 0 Å². The van der Waals surface area contributed by atoms with Gasteiger partial charge in [-0.1, -0.05) is 0 Å². The predicted octanol–water partition coefficient (Wildman–Crippen LogP) is 0.746. The van der Waals surface area contributed by atoms with E-state index in [1.165, 1.54) is 17.4 Å². The van der Waals surface area contributed by atoms with E-state index < -0.39 is 49.7 Å². The summed E-state index contributed by atoms with van der Waals surface area (Å²) in [6.45, 7) is -0.809. The molecule has 9 nitrogen and oxygen atoms in total. The van der Waals surface area contributed by atoms with Crippen molar-refractivity contribution >= 4 is 23.8 Å². The molecule has 0 heterocycles. The molecule has 0 radical (unpaired) electrons.